The third kappa shape index (κ3) is 3.20. The molecule has 2 bridgehead atoms. The lowest BCUT2D eigenvalue weighted by Crippen LogP contribution is -2.44. The number of benzene rings is 1. The van der Waals surface area contributed by atoms with Crippen molar-refractivity contribution in [2.75, 3.05) is 27.2 Å². The first-order valence-electron chi connectivity index (χ1n) is 9.39. The van der Waals surface area contributed by atoms with Gasteiger partial charge in [-0.1, -0.05) is 0 Å². The molecule has 0 saturated carbocycles. The molecule has 0 aromatic heterocycles. The molecule has 0 N–H and O–H groups in total. The molecular formula is C20H27FN2O2. The minimum atomic E-state index is -0.467. The van der Waals surface area contributed by atoms with Crippen molar-refractivity contribution in [2.45, 2.75) is 50.7 Å². The lowest BCUT2D eigenvalue weighted by Gasteiger charge is -2.39. The van der Waals surface area contributed by atoms with Gasteiger partial charge in [0.15, 0.2) is 0 Å². The fourth-order valence-electron chi connectivity index (χ4n) is 5.10. The van der Waals surface area contributed by atoms with E-state index in [1.165, 1.54) is 38.9 Å². The zero-order valence-electron chi connectivity index (χ0n) is 15.1. The maximum Gasteiger partial charge on any atom is 0.337 e. The lowest BCUT2D eigenvalue weighted by molar-refractivity contribution is 0.0599. The second-order valence-electron chi connectivity index (χ2n) is 7.96. The second kappa shape index (κ2) is 6.69. The first kappa shape index (κ1) is 17.0. The Kier molecular flexibility index (Phi) is 4.54. The van der Waals surface area contributed by atoms with E-state index in [1.54, 1.807) is 6.07 Å². The highest BCUT2D eigenvalue weighted by atomic mass is 19.1. The summed E-state index contributed by atoms with van der Waals surface area (Å²) in [6.45, 7) is 2.67. The highest BCUT2D eigenvalue weighted by Crippen LogP contribution is 2.38. The summed E-state index contributed by atoms with van der Waals surface area (Å²) in [5, 5.41) is 0. The van der Waals surface area contributed by atoms with Crippen molar-refractivity contribution in [3.63, 3.8) is 0 Å². The molecule has 0 amide bonds. The average molecular weight is 346 g/mol. The quantitative estimate of drug-likeness (QED) is 0.788. The largest absolute Gasteiger partial charge is 0.465 e. The van der Waals surface area contributed by atoms with Gasteiger partial charge in [0.2, 0.25) is 0 Å². The molecule has 1 aromatic carbocycles. The van der Waals surface area contributed by atoms with Crippen molar-refractivity contribution in [3.05, 3.63) is 34.6 Å². The van der Waals surface area contributed by atoms with Gasteiger partial charge in [-0.15, -0.1) is 0 Å². The molecule has 1 aromatic rings. The van der Waals surface area contributed by atoms with E-state index in [4.69, 9.17) is 4.74 Å². The number of hydrogen-bond donors (Lipinski definition) is 0. The molecule has 0 radical (unpaired) electrons. The maximum atomic E-state index is 14.5. The van der Waals surface area contributed by atoms with Gasteiger partial charge in [0.05, 0.1) is 12.7 Å². The van der Waals surface area contributed by atoms with E-state index in [0.29, 0.717) is 12.1 Å². The smallest absolute Gasteiger partial charge is 0.337 e. The van der Waals surface area contributed by atoms with Crippen molar-refractivity contribution in [1.82, 2.24) is 9.80 Å². The summed E-state index contributed by atoms with van der Waals surface area (Å²) in [7, 11) is 3.60. The van der Waals surface area contributed by atoms with Gasteiger partial charge in [0.1, 0.15) is 5.82 Å². The van der Waals surface area contributed by atoms with Crippen LogP contribution in [0.25, 0.3) is 0 Å². The van der Waals surface area contributed by atoms with Crippen LogP contribution >= 0.6 is 0 Å². The third-order valence-corrected chi connectivity index (χ3v) is 6.50. The molecule has 3 aliphatic heterocycles. The molecule has 0 spiro atoms. The first-order valence-corrected chi connectivity index (χ1v) is 9.39. The zero-order chi connectivity index (χ0) is 17.6. The van der Waals surface area contributed by atoms with Crippen LogP contribution < -0.4 is 0 Å². The molecule has 25 heavy (non-hydrogen) atoms. The molecule has 2 saturated heterocycles. The van der Waals surface area contributed by atoms with E-state index in [-0.39, 0.29) is 5.82 Å². The molecule has 3 heterocycles. The Bertz CT molecular complexity index is 664. The zero-order valence-corrected chi connectivity index (χ0v) is 15.1. The van der Waals surface area contributed by atoms with Gasteiger partial charge >= 0.3 is 5.97 Å². The van der Waals surface area contributed by atoms with Crippen molar-refractivity contribution < 1.29 is 13.9 Å². The van der Waals surface area contributed by atoms with Crippen LogP contribution in [0.15, 0.2) is 12.1 Å². The number of fused-ring (bicyclic) bond motifs is 3. The number of esters is 1. The van der Waals surface area contributed by atoms with Gasteiger partial charge < -0.3 is 9.64 Å². The number of hydrogen-bond acceptors (Lipinski definition) is 4. The number of carbonyl (C=O) groups excluding carboxylic acids is 1. The third-order valence-electron chi connectivity index (χ3n) is 6.50. The number of rotatable bonds is 3. The van der Waals surface area contributed by atoms with Crippen LogP contribution in [0.1, 0.15) is 47.2 Å². The van der Waals surface area contributed by atoms with Crippen molar-refractivity contribution in [3.8, 4) is 0 Å². The van der Waals surface area contributed by atoms with Gasteiger partial charge in [0, 0.05) is 37.3 Å². The predicted octanol–water partition coefficient (Wildman–Crippen LogP) is 2.84. The fraction of sp³-hybridized carbons (Fsp3) is 0.650. The molecule has 4 rings (SSSR count). The summed E-state index contributed by atoms with van der Waals surface area (Å²) in [4.78, 5) is 16.6. The summed E-state index contributed by atoms with van der Waals surface area (Å²) in [6, 6.07) is 4.63. The number of carbonyl (C=O) groups is 1. The van der Waals surface area contributed by atoms with Gasteiger partial charge in [0.25, 0.3) is 0 Å². The number of piperidine rings is 1. The van der Waals surface area contributed by atoms with E-state index in [9.17, 15) is 9.18 Å². The van der Waals surface area contributed by atoms with Crippen LogP contribution in [0, 0.1) is 11.7 Å². The Morgan fingerprint density at radius 3 is 2.68 bits per heavy atom. The van der Waals surface area contributed by atoms with E-state index in [1.807, 2.05) is 0 Å². The van der Waals surface area contributed by atoms with E-state index < -0.39 is 5.97 Å². The molecule has 4 nitrogen and oxygen atoms in total. The summed E-state index contributed by atoms with van der Waals surface area (Å²) >= 11 is 0. The van der Waals surface area contributed by atoms with Crippen LogP contribution in [0.4, 0.5) is 4.39 Å². The van der Waals surface area contributed by atoms with E-state index >= 15 is 0 Å². The SMILES string of the molecule is COC(=O)c1cc(F)c2c(c1)CCN(CC1C[C@H]3CC[C@@H](C1)N3C)C2. The van der Waals surface area contributed by atoms with Crippen molar-refractivity contribution >= 4 is 5.97 Å². The van der Waals surface area contributed by atoms with Crippen LogP contribution in [0.3, 0.4) is 0 Å². The Morgan fingerprint density at radius 1 is 1.28 bits per heavy atom. The van der Waals surface area contributed by atoms with Gasteiger partial charge in [-0.3, -0.25) is 4.90 Å². The summed E-state index contributed by atoms with van der Waals surface area (Å²) < 4.78 is 19.2. The predicted molar refractivity (Wildman–Crippen MR) is 94.0 cm³/mol. The highest BCUT2D eigenvalue weighted by Gasteiger charge is 2.39. The summed E-state index contributed by atoms with van der Waals surface area (Å²) in [5.41, 5.74) is 2.04. The molecule has 3 aliphatic rings. The molecule has 2 fully saturated rings. The summed E-state index contributed by atoms with van der Waals surface area (Å²) in [6.07, 6.45) is 6.04. The molecule has 0 aliphatic carbocycles. The van der Waals surface area contributed by atoms with Crippen LogP contribution in [0.5, 0.6) is 0 Å². The van der Waals surface area contributed by atoms with Gasteiger partial charge in [-0.2, -0.15) is 0 Å². The molecule has 1 unspecified atom stereocenters. The fourth-order valence-corrected chi connectivity index (χ4v) is 5.10. The Morgan fingerprint density at radius 2 is 2.00 bits per heavy atom. The van der Waals surface area contributed by atoms with Crippen LogP contribution in [-0.4, -0.2) is 55.1 Å². The monoisotopic (exact) mass is 346 g/mol. The first-order chi connectivity index (χ1) is 12.0. The Hall–Kier alpha value is -1.46. The Balaban J connectivity index is 1.44. The van der Waals surface area contributed by atoms with Crippen molar-refractivity contribution in [2.24, 2.45) is 5.92 Å². The number of nitrogens with zero attached hydrogens (tertiary/aromatic N) is 2. The molecule has 3 atom stereocenters. The number of ether oxygens (including phenoxy) is 1. The molecule has 5 heteroatoms. The van der Waals surface area contributed by atoms with E-state index in [2.05, 4.69) is 16.8 Å². The highest BCUT2D eigenvalue weighted by molar-refractivity contribution is 5.89. The minimum Gasteiger partial charge on any atom is -0.465 e. The minimum absolute atomic E-state index is 0.272. The van der Waals surface area contributed by atoms with Crippen molar-refractivity contribution in [1.29, 1.82) is 0 Å². The lowest BCUT2D eigenvalue weighted by atomic mass is 9.89. The van der Waals surface area contributed by atoms with Gasteiger partial charge in [-0.25, -0.2) is 9.18 Å². The topological polar surface area (TPSA) is 32.8 Å². The Labute approximate surface area is 148 Å². The van der Waals surface area contributed by atoms with Crippen LogP contribution in [0.2, 0.25) is 0 Å². The number of methoxy groups -OCH3 is 1. The standard InChI is InChI=1S/C20H27FN2O2/c1-22-16-3-4-17(22)8-13(7-16)11-23-6-5-14-9-15(20(24)25-2)10-19(21)18(14)12-23/h9-10,13,16-17H,3-8,11-12H2,1-2H3/t13?,16-,17+. The normalized spacial score (nSPS) is 29.5. The molecular weight excluding hydrogens is 319 g/mol. The van der Waals surface area contributed by atoms with Crippen LogP contribution in [-0.2, 0) is 17.7 Å². The maximum absolute atomic E-state index is 14.5. The van der Waals surface area contributed by atoms with Gasteiger partial charge in [-0.05, 0) is 62.8 Å². The number of halogens is 1. The van der Waals surface area contributed by atoms with E-state index in [0.717, 1.165) is 48.6 Å². The average Bonchev–Trinajstić information content (AvgIpc) is 2.83. The molecule has 136 valence electrons. The summed E-state index contributed by atoms with van der Waals surface area (Å²) in [5.74, 6) is -0.00960. The second-order valence-corrected chi connectivity index (χ2v) is 7.96.